The van der Waals surface area contributed by atoms with Crippen LogP contribution in [0.3, 0.4) is 0 Å². The predicted octanol–water partition coefficient (Wildman–Crippen LogP) is 3.07. The molecular formula is C23H27N5O6S. The summed E-state index contributed by atoms with van der Waals surface area (Å²) in [6, 6.07) is 8.08. The molecule has 11 nitrogen and oxygen atoms in total. The van der Waals surface area contributed by atoms with Crippen molar-refractivity contribution in [1.82, 2.24) is 15.0 Å². The third-order valence-corrected chi connectivity index (χ3v) is 5.47. The molecule has 0 saturated carbocycles. The summed E-state index contributed by atoms with van der Waals surface area (Å²) in [4.78, 5) is 24.5. The number of ether oxygens (including phenoxy) is 3. The van der Waals surface area contributed by atoms with Crippen LogP contribution in [-0.4, -0.2) is 62.5 Å². The number of rotatable bonds is 11. The first-order chi connectivity index (χ1) is 16.7. The third kappa shape index (κ3) is 7.36. The summed E-state index contributed by atoms with van der Waals surface area (Å²) >= 11 is 0. The standard InChI is InChI=1S/C23H27N5O6S/c1-5-33-17-10-22(28-23(11-17)35(4,30)31)27-20-12-21(26-15(2)29)25-14-18(20)19-7-6-16(13-24-19)34-9-8-32-3/h6-7,10-14H,5,8-9H2,1-4H3,(H2,25,26,27,28,29). The molecule has 1 amide bonds. The largest absolute Gasteiger partial charge is 0.494 e. The topological polar surface area (TPSA) is 142 Å². The highest BCUT2D eigenvalue weighted by molar-refractivity contribution is 7.90. The summed E-state index contributed by atoms with van der Waals surface area (Å²) in [5.41, 5.74) is 1.65. The summed E-state index contributed by atoms with van der Waals surface area (Å²) in [5, 5.41) is 5.61. The van der Waals surface area contributed by atoms with Crippen LogP contribution in [0, 0.1) is 0 Å². The van der Waals surface area contributed by atoms with Gasteiger partial charge in [-0.15, -0.1) is 0 Å². The fraction of sp³-hybridized carbons (Fsp3) is 0.304. The number of anilines is 3. The number of nitrogens with zero attached hydrogens (tertiary/aromatic N) is 3. The first kappa shape index (κ1) is 25.8. The molecular weight excluding hydrogens is 474 g/mol. The average Bonchev–Trinajstić information content (AvgIpc) is 2.79. The van der Waals surface area contributed by atoms with E-state index >= 15 is 0 Å². The Morgan fingerprint density at radius 1 is 1.00 bits per heavy atom. The second-order valence-corrected chi connectivity index (χ2v) is 9.34. The number of carbonyl (C=O) groups excluding carboxylic acids is 1. The van der Waals surface area contributed by atoms with Gasteiger partial charge in [0, 0.05) is 50.2 Å². The monoisotopic (exact) mass is 501 g/mol. The summed E-state index contributed by atoms with van der Waals surface area (Å²) in [6.07, 6.45) is 4.19. The number of pyridine rings is 3. The number of nitrogens with one attached hydrogen (secondary N) is 2. The van der Waals surface area contributed by atoms with Crippen LogP contribution in [0.4, 0.5) is 17.3 Å². The van der Waals surface area contributed by atoms with Crippen molar-refractivity contribution in [3.05, 3.63) is 42.7 Å². The molecule has 3 aromatic heterocycles. The van der Waals surface area contributed by atoms with E-state index in [0.29, 0.717) is 54.1 Å². The van der Waals surface area contributed by atoms with E-state index in [1.807, 2.05) is 0 Å². The number of methoxy groups -OCH3 is 1. The molecule has 3 rings (SSSR count). The maximum Gasteiger partial charge on any atom is 0.222 e. The van der Waals surface area contributed by atoms with Gasteiger partial charge in [-0.3, -0.25) is 9.78 Å². The molecule has 0 spiro atoms. The Hall–Kier alpha value is -3.77. The maximum atomic E-state index is 12.2. The van der Waals surface area contributed by atoms with E-state index in [9.17, 15) is 13.2 Å². The summed E-state index contributed by atoms with van der Waals surface area (Å²) in [6.45, 7) is 4.36. The van der Waals surface area contributed by atoms with Gasteiger partial charge in [-0.2, -0.15) is 0 Å². The van der Waals surface area contributed by atoms with E-state index in [-0.39, 0.29) is 16.8 Å². The predicted molar refractivity (Wildman–Crippen MR) is 131 cm³/mol. The van der Waals surface area contributed by atoms with E-state index in [4.69, 9.17) is 14.2 Å². The number of hydrogen-bond acceptors (Lipinski definition) is 10. The molecule has 12 heteroatoms. The van der Waals surface area contributed by atoms with Crippen molar-refractivity contribution in [3.63, 3.8) is 0 Å². The summed E-state index contributed by atoms with van der Waals surface area (Å²) in [7, 11) is -2.00. The first-order valence-electron chi connectivity index (χ1n) is 10.7. The van der Waals surface area contributed by atoms with Gasteiger partial charge in [0.2, 0.25) is 5.91 Å². The van der Waals surface area contributed by atoms with Crippen LogP contribution in [0.25, 0.3) is 11.3 Å². The SMILES string of the molecule is CCOc1cc(Nc2cc(NC(C)=O)ncc2-c2ccc(OCCOC)cn2)nc(S(C)(=O)=O)c1. The van der Waals surface area contributed by atoms with Crippen molar-refractivity contribution in [1.29, 1.82) is 0 Å². The molecule has 35 heavy (non-hydrogen) atoms. The number of aromatic nitrogens is 3. The highest BCUT2D eigenvalue weighted by Gasteiger charge is 2.16. The molecule has 0 atom stereocenters. The van der Waals surface area contributed by atoms with E-state index in [2.05, 4.69) is 25.6 Å². The lowest BCUT2D eigenvalue weighted by Crippen LogP contribution is -2.09. The minimum atomic E-state index is -3.59. The zero-order valence-corrected chi connectivity index (χ0v) is 20.7. The molecule has 0 unspecified atom stereocenters. The Morgan fingerprint density at radius 2 is 1.80 bits per heavy atom. The molecule has 186 valence electrons. The van der Waals surface area contributed by atoms with Gasteiger partial charge in [-0.1, -0.05) is 0 Å². The smallest absolute Gasteiger partial charge is 0.222 e. The van der Waals surface area contributed by atoms with Crippen molar-refractivity contribution in [2.45, 2.75) is 18.9 Å². The van der Waals surface area contributed by atoms with Gasteiger partial charge in [-0.25, -0.2) is 18.4 Å². The van der Waals surface area contributed by atoms with E-state index < -0.39 is 9.84 Å². The van der Waals surface area contributed by atoms with Crippen molar-refractivity contribution in [3.8, 4) is 22.8 Å². The maximum absolute atomic E-state index is 12.2. The molecule has 0 aromatic carbocycles. The van der Waals surface area contributed by atoms with Gasteiger partial charge < -0.3 is 24.8 Å². The van der Waals surface area contributed by atoms with E-state index in [1.54, 1.807) is 50.7 Å². The lowest BCUT2D eigenvalue weighted by atomic mass is 10.1. The molecule has 0 radical (unpaired) electrons. The van der Waals surface area contributed by atoms with Crippen LogP contribution in [-0.2, 0) is 19.4 Å². The van der Waals surface area contributed by atoms with Gasteiger partial charge in [-0.05, 0) is 19.1 Å². The van der Waals surface area contributed by atoms with Crippen LogP contribution < -0.4 is 20.1 Å². The quantitative estimate of drug-likeness (QED) is 0.376. The molecule has 2 N–H and O–H groups in total. The molecule has 3 heterocycles. The fourth-order valence-electron chi connectivity index (χ4n) is 3.00. The Bertz CT molecular complexity index is 1280. The third-order valence-electron chi connectivity index (χ3n) is 4.51. The molecule has 0 aliphatic rings. The second-order valence-electron chi connectivity index (χ2n) is 7.37. The molecule has 0 bridgehead atoms. The fourth-order valence-corrected chi connectivity index (χ4v) is 3.60. The van der Waals surface area contributed by atoms with Gasteiger partial charge in [0.25, 0.3) is 0 Å². The highest BCUT2D eigenvalue weighted by atomic mass is 32.2. The summed E-state index contributed by atoms with van der Waals surface area (Å²) in [5.74, 6) is 1.17. The van der Waals surface area contributed by atoms with Gasteiger partial charge >= 0.3 is 0 Å². The Kier molecular flexibility index (Phi) is 8.55. The molecule has 0 saturated heterocycles. The first-order valence-corrected chi connectivity index (χ1v) is 12.6. The normalized spacial score (nSPS) is 11.1. The van der Waals surface area contributed by atoms with Crippen LogP contribution in [0.1, 0.15) is 13.8 Å². The molecule has 0 aliphatic heterocycles. The average molecular weight is 502 g/mol. The summed E-state index contributed by atoms with van der Waals surface area (Å²) < 4.78 is 40.4. The van der Waals surface area contributed by atoms with Crippen molar-refractivity contribution in [2.75, 3.05) is 43.8 Å². The van der Waals surface area contributed by atoms with Gasteiger partial charge in [0.1, 0.15) is 29.7 Å². The van der Waals surface area contributed by atoms with Crippen molar-refractivity contribution < 1.29 is 27.4 Å². The minimum absolute atomic E-state index is 0.140. The number of amides is 1. The van der Waals surface area contributed by atoms with E-state index in [0.717, 1.165) is 6.26 Å². The number of hydrogen-bond donors (Lipinski definition) is 2. The van der Waals surface area contributed by atoms with Crippen LogP contribution in [0.15, 0.2) is 47.8 Å². The van der Waals surface area contributed by atoms with E-state index in [1.165, 1.54) is 13.0 Å². The van der Waals surface area contributed by atoms with Crippen LogP contribution in [0.2, 0.25) is 0 Å². The molecule has 0 aliphatic carbocycles. The van der Waals surface area contributed by atoms with Crippen LogP contribution in [0.5, 0.6) is 11.5 Å². The Morgan fingerprint density at radius 3 is 2.43 bits per heavy atom. The zero-order valence-electron chi connectivity index (χ0n) is 19.9. The lowest BCUT2D eigenvalue weighted by molar-refractivity contribution is -0.114. The van der Waals surface area contributed by atoms with Crippen LogP contribution >= 0.6 is 0 Å². The number of sulfone groups is 1. The molecule has 3 aromatic rings. The number of carbonyl (C=O) groups is 1. The van der Waals surface area contributed by atoms with Crippen molar-refractivity contribution in [2.24, 2.45) is 0 Å². The Labute approximate surface area is 203 Å². The Balaban J connectivity index is 2.01. The highest BCUT2D eigenvalue weighted by Crippen LogP contribution is 2.32. The van der Waals surface area contributed by atoms with Crippen molar-refractivity contribution >= 4 is 33.1 Å². The second kappa shape index (κ2) is 11.6. The zero-order chi connectivity index (χ0) is 25.4. The minimum Gasteiger partial charge on any atom is -0.494 e. The lowest BCUT2D eigenvalue weighted by Gasteiger charge is -2.15. The molecule has 0 fully saturated rings. The van der Waals surface area contributed by atoms with Gasteiger partial charge in [0.05, 0.1) is 30.8 Å². The van der Waals surface area contributed by atoms with Gasteiger partial charge in [0.15, 0.2) is 14.9 Å².